The standard InChI is InChI=1S/C11H18N4/c1-8-6-10(12)15-11(14-8)7-9-2-4-13-5-3-9/h6,9,13H,2-5,7H2,1H3,(H2,12,14,15). The van der Waals surface area contributed by atoms with Crippen LogP contribution in [0, 0.1) is 12.8 Å². The molecule has 0 bridgehead atoms. The first-order chi connectivity index (χ1) is 7.24. The molecule has 2 rings (SSSR count). The van der Waals surface area contributed by atoms with Gasteiger partial charge in [0.25, 0.3) is 0 Å². The second-order valence-corrected chi connectivity index (χ2v) is 4.25. The predicted molar refractivity (Wildman–Crippen MR) is 60.5 cm³/mol. The van der Waals surface area contributed by atoms with E-state index in [9.17, 15) is 0 Å². The Morgan fingerprint density at radius 1 is 1.40 bits per heavy atom. The van der Waals surface area contributed by atoms with E-state index in [1.165, 1.54) is 12.8 Å². The van der Waals surface area contributed by atoms with Gasteiger partial charge in [0.2, 0.25) is 0 Å². The molecule has 4 nitrogen and oxygen atoms in total. The zero-order valence-electron chi connectivity index (χ0n) is 9.16. The molecule has 0 unspecified atom stereocenters. The van der Waals surface area contributed by atoms with Crippen molar-refractivity contribution in [2.75, 3.05) is 18.8 Å². The third-order valence-electron chi connectivity index (χ3n) is 2.85. The van der Waals surface area contributed by atoms with E-state index in [0.29, 0.717) is 11.7 Å². The van der Waals surface area contributed by atoms with Crippen molar-refractivity contribution in [1.29, 1.82) is 0 Å². The molecule has 1 aliphatic heterocycles. The van der Waals surface area contributed by atoms with Crippen molar-refractivity contribution >= 4 is 5.82 Å². The number of rotatable bonds is 2. The van der Waals surface area contributed by atoms with Crippen LogP contribution in [0.4, 0.5) is 5.82 Å². The monoisotopic (exact) mass is 206 g/mol. The minimum Gasteiger partial charge on any atom is -0.384 e. The van der Waals surface area contributed by atoms with Crippen molar-refractivity contribution in [3.8, 4) is 0 Å². The Morgan fingerprint density at radius 3 is 2.80 bits per heavy atom. The Hall–Kier alpha value is -1.16. The van der Waals surface area contributed by atoms with Crippen molar-refractivity contribution in [3.63, 3.8) is 0 Å². The van der Waals surface area contributed by atoms with Gasteiger partial charge in [0.15, 0.2) is 0 Å². The van der Waals surface area contributed by atoms with Gasteiger partial charge in [-0.3, -0.25) is 0 Å². The summed E-state index contributed by atoms with van der Waals surface area (Å²) in [5, 5.41) is 3.36. The number of piperidine rings is 1. The molecule has 1 fully saturated rings. The molecule has 0 amide bonds. The molecular formula is C11H18N4. The lowest BCUT2D eigenvalue weighted by Gasteiger charge is -2.21. The molecule has 82 valence electrons. The molecule has 1 aromatic rings. The van der Waals surface area contributed by atoms with Crippen LogP contribution in [0.25, 0.3) is 0 Å². The van der Waals surface area contributed by atoms with Crippen LogP contribution in [0.1, 0.15) is 24.4 Å². The number of aromatic nitrogens is 2. The normalized spacial score (nSPS) is 17.9. The summed E-state index contributed by atoms with van der Waals surface area (Å²) in [5.41, 5.74) is 6.67. The molecule has 4 heteroatoms. The highest BCUT2D eigenvalue weighted by Gasteiger charge is 2.15. The van der Waals surface area contributed by atoms with Crippen molar-refractivity contribution in [3.05, 3.63) is 17.6 Å². The molecule has 3 N–H and O–H groups in total. The lowest BCUT2D eigenvalue weighted by molar-refractivity contribution is 0.367. The number of nitrogens with zero attached hydrogens (tertiary/aromatic N) is 2. The molecule has 0 aliphatic carbocycles. The van der Waals surface area contributed by atoms with Crippen LogP contribution in [-0.4, -0.2) is 23.1 Å². The van der Waals surface area contributed by atoms with Gasteiger partial charge in [0, 0.05) is 18.2 Å². The van der Waals surface area contributed by atoms with Gasteiger partial charge in [-0.15, -0.1) is 0 Å². The third-order valence-corrected chi connectivity index (χ3v) is 2.85. The van der Waals surface area contributed by atoms with E-state index in [2.05, 4.69) is 15.3 Å². The SMILES string of the molecule is Cc1cc(N)nc(CC2CCNCC2)n1. The maximum atomic E-state index is 5.70. The summed E-state index contributed by atoms with van der Waals surface area (Å²) in [7, 11) is 0. The molecule has 0 atom stereocenters. The lowest BCUT2D eigenvalue weighted by Crippen LogP contribution is -2.29. The molecule has 2 heterocycles. The maximum Gasteiger partial charge on any atom is 0.131 e. The van der Waals surface area contributed by atoms with Gasteiger partial charge in [0.1, 0.15) is 11.6 Å². The zero-order valence-corrected chi connectivity index (χ0v) is 9.16. The van der Waals surface area contributed by atoms with Gasteiger partial charge in [-0.2, -0.15) is 0 Å². The second-order valence-electron chi connectivity index (χ2n) is 4.25. The van der Waals surface area contributed by atoms with Crippen LogP contribution in [0.15, 0.2) is 6.07 Å². The van der Waals surface area contributed by atoms with Crippen LogP contribution in [0.5, 0.6) is 0 Å². The Balaban J connectivity index is 2.02. The highest BCUT2D eigenvalue weighted by molar-refractivity contribution is 5.29. The quantitative estimate of drug-likeness (QED) is 0.755. The first-order valence-electron chi connectivity index (χ1n) is 5.55. The second kappa shape index (κ2) is 4.57. The van der Waals surface area contributed by atoms with Crippen LogP contribution in [-0.2, 0) is 6.42 Å². The molecule has 1 saturated heterocycles. The summed E-state index contributed by atoms with van der Waals surface area (Å²) in [5.74, 6) is 2.21. The smallest absolute Gasteiger partial charge is 0.131 e. The zero-order chi connectivity index (χ0) is 10.7. The van der Waals surface area contributed by atoms with E-state index in [1.54, 1.807) is 0 Å². The summed E-state index contributed by atoms with van der Waals surface area (Å²) in [4.78, 5) is 8.69. The molecule has 1 aromatic heterocycles. The van der Waals surface area contributed by atoms with Gasteiger partial charge in [-0.25, -0.2) is 9.97 Å². The van der Waals surface area contributed by atoms with E-state index in [-0.39, 0.29) is 0 Å². The maximum absolute atomic E-state index is 5.70. The fourth-order valence-electron chi connectivity index (χ4n) is 2.09. The number of nitrogen functional groups attached to an aromatic ring is 1. The van der Waals surface area contributed by atoms with Gasteiger partial charge in [-0.05, 0) is 38.8 Å². The average molecular weight is 206 g/mol. The lowest BCUT2D eigenvalue weighted by atomic mass is 9.94. The molecular weight excluding hydrogens is 188 g/mol. The minimum atomic E-state index is 0.589. The van der Waals surface area contributed by atoms with Crippen LogP contribution in [0.2, 0.25) is 0 Å². The van der Waals surface area contributed by atoms with E-state index >= 15 is 0 Å². The molecule has 0 aromatic carbocycles. The van der Waals surface area contributed by atoms with Crippen LogP contribution >= 0.6 is 0 Å². The van der Waals surface area contributed by atoms with Crippen molar-refractivity contribution in [1.82, 2.24) is 15.3 Å². The van der Waals surface area contributed by atoms with Crippen molar-refractivity contribution in [2.24, 2.45) is 5.92 Å². The van der Waals surface area contributed by atoms with E-state index in [0.717, 1.165) is 31.0 Å². The summed E-state index contributed by atoms with van der Waals surface area (Å²) >= 11 is 0. The van der Waals surface area contributed by atoms with Gasteiger partial charge >= 0.3 is 0 Å². The Bertz CT molecular complexity index is 311. The Morgan fingerprint density at radius 2 is 2.13 bits per heavy atom. The van der Waals surface area contributed by atoms with Crippen LogP contribution < -0.4 is 11.1 Å². The first kappa shape index (κ1) is 10.4. The molecule has 1 aliphatic rings. The highest BCUT2D eigenvalue weighted by atomic mass is 14.9. The minimum absolute atomic E-state index is 0.589. The van der Waals surface area contributed by atoms with Gasteiger partial charge in [-0.1, -0.05) is 0 Å². The fraction of sp³-hybridized carbons (Fsp3) is 0.636. The predicted octanol–water partition coefficient (Wildman–Crippen LogP) is 0.909. The topological polar surface area (TPSA) is 63.8 Å². The number of hydrogen-bond acceptors (Lipinski definition) is 4. The number of nitrogens with two attached hydrogens (primary N) is 1. The third kappa shape index (κ3) is 2.89. The summed E-state index contributed by atoms with van der Waals surface area (Å²) in [6, 6.07) is 1.81. The molecule has 0 saturated carbocycles. The summed E-state index contributed by atoms with van der Waals surface area (Å²) in [6.45, 7) is 4.20. The van der Waals surface area contributed by atoms with Crippen molar-refractivity contribution < 1.29 is 0 Å². The van der Waals surface area contributed by atoms with Gasteiger partial charge in [0.05, 0.1) is 0 Å². The number of hydrogen-bond donors (Lipinski definition) is 2. The van der Waals surface area contributed by atoms with Crippen molar-refractivity contribution in [2.45, 2.75) is 26.2 Å². The largest absolute Gasteiger partial charge is 0.384 e. The summed E-state index contributed by atoms with van der Waals surface area (Å²) in [6.07, 6.45) is 3.40. The first-order valence-corrected chi connectivity index (χ1v) is 5.55. The van der Waals surface area contributed by atoms with E-state index in [4.69, 9.17) is 5.73 Å². The Kier molecular flexibility index (Phi) is 3.16. The Labute approximate surface area is 90.3 Å². The van der Waals surface area contributed by atoms with E-state index < -0.39 is 0 Å². The fourth-order valence-corrected chi connectivity index (χ4v) is 2.09. The average Bonchev–Trinajstić information content (AvgIpc) is 2.17. The molecule has 15 heavy (non-hydrogen) atoms. The number of anilines is 1. The summed E-state index contributed by atoms with van der Waals surface area (Å²) < 4.78 is 0. The number of aryl methyl sites for hydroxylation is 1. The van der Waals surface area contributed by atoms with Gasteiger partial charge < -0.3 is 11.1 Å². The number of nitrogens with one attached hydrogen (secondary N) is 1. The van der Waals surface area contributed by atoms with Crippen LogP contribution in [0.3, 0.4) is 0 Å². The highest BCUT2D eigenvalue weighted by Crippen LogP contribution is 2.16. The molecule has 0 radical (unpaired) electrons. The molecule has 0 spiro atoms. The van der Waals surface area contributed by atoms with E-state index in [1.807, 2.05) is 13.0 Å².